The normalized spacial score (nSPS) is 37.9. The molecule has 1 amide bonds. The average Bonchev–Trinajstić information content (AvgIpc) is 2.63. The molecule has 0 unspecified atom stereocenters. The molecule has 5 fully saturated rings. The van der Waals surface area contributed by atoms with Gasteiger partial charge >= 0.3 is 0 Å². The lowest BCUT2D eigenvalue weighted by molar-refractivity contribution is -0.161. The molecule has 30 heavy (non-hydrogen) atoms. The minimum absolute atomic E-state index is 0.0704. The molecule has 164 valence electrons. The number of carbonyl (C=O) groups excluding carboxylic acids is 1. The van der Waals surface area contributed by atoms with E-state index >= 15 is 0 Å². The Bertz CT molecular complexity index is 878. The predicted molar refractivity (Wildman–Crippen MR) is 117 cm³/mol. The Morgan fingerprint density at radius 2 is 1.63 bits per heavy atom. The predicted octanol–water partition coefficient (Wildman–Crippen LogP) is 3.07. The van der Waals surface area contributed by atoms with Crippen molar-refractivity contribution in [1.82, 2.24) is 9.62 Å². The van der Waals surface area contributed by atoms with Gasteiger partial charge in [-0.05, 0) is 72.7 Å². The van der Waals surface area contributed by atoms with Gasteiger partial charge in [-0.15, -0.1) is 0 Å². The molecule has 1 aliphatic heterocycles. The maximum atomic E-state index is 13.3. The summed E-state index contributed by atoms with van der Waals surface area (Å²) >= 11 is 0. The van der Waals surface area contributed by atoms with Gasteiger partial charge in [0.1, 0.15) is 0 Å². The molecule has 6 heteroatoms. The van der Waals surface area contributed by atoms with Crippen LogP contribution in [0.15, 0.2) is 30.3 Å². The Labute approximate surface area is 180 Å². The van der Waals surface area contributed by atoms with Crippen LogP contribution in [0.3, 0.4) is 0 Å². The molecule has 0 aromatic heterocycles. The van der Waals surface area contributed by atoms with E-state index in [1.165, 1.54) is 37.5 Å². The molecule has 4 saturated carbocycles. The number of hydrogen-bond donors (Lipinski definition) is 1. The Balaban J connectivity index is 1.35. The van der Waals surface area contributed by atoms with E-state index in [2.05, 4.69) is 42.0 Å². The molecule has 1 aromatic rings. The van der Waals surface area contributed by atoms with Crippen molar-refractivity contribution in [3.8, 4) is 0 Å². The highest BCUT2D eigenvalue weighted by Crippen LogP contribution is 2.66. The van der Waals surface area contributed by atoms with Crippen molar-refractivity contribution >= 4 is 15.9 Å². The number of amides is 1. The van der Waals surface area contributed by atoms with E-state index in [-0.39, 0.29) is 17.4 Å². The standard InChI is InChI=1S/C24H34N2O3S/c1-16-18-8-20-10-19(16)11-21(9-18)24(20,12-17-6-4-3-5-7-17)13-23(27)26-14-22(15-26)25-30(2,28)29/h3-7,16,18-22,25H,8-15H2,1-2H3. The first-order valence-electron chi connectivity index (χ1n) is 11.5. The van der Waals surface area contributed by atoms with Crippen molar-refractivity contribution < 1.29 is 13.2 Å². The molecule has 0 radical (unpaired) electrons. The Morgan fingerprint density at radius 1 is 1.07 bits per heavy atom. The van der Waals surface area contributed by atoms with Crippen LogP contribution >= 0.6 is 0 Å². The number of nitrogens with one attached hydrogen (secondary N) is 1. The third kappa shape index (κ3) is 3.60. The number of hydrogen-bond acceptors (Lipinski definition) is 3. The van der Waals surface area contributed by atoms with Crippen molar-refractivity contribution in [3.63, 3.8) is 0 Å². The van der Waals surface area contributed by atoms with Crippen LogP contribution in [0.1, 0.15) is 44.6 Å². The molecule has 4 bridgehead atoms. The zero-order chi connectivity index (χ0) is 21.1. The molecule has 1 N–H and O–H groups in total. The highest BCUT2D eigenvalue weighted by atomic mass is 32.2. The van der Waals surface area contributed by atoms with E-state index in [0.29, 0.717) is 31.3 Å². The van der Waals surface area contributed by atoms with E-state index in [1.54, 1.807) is 0 Å². The smallest absolute Gasteiger partial charge is 0.223 e. The highest BCUT2D eigenvalue weighted by molar-refractivity contribution is 7.88. The second-order valence-electron chi connectivity index (χ2n) is 10.7. The Hall–Kier alpha value is -1.40. The maximum absolute atomic E-state index is 13.3. The number of likely N-dealkylation sites (tertiary alicyclic amines) is 1. The SMILES string of the molecule is CC1C2CC3CC1CC(C2)C3(CC(=O)N1CC(NS(C)(=O)=O)C1)Cc1ccccc1. The Morgan fingerprint density at radius 3 is 2.17 bits per heavy atom. The van der Waals surface area contributed by atoms with Crippen LogP contribution in [0, 0.1) is 35.0 Å². The van der Waals surface area contributed by atoms with Crippen LogP contribution in [0.5, 0.6) is 0 Å². The van der Waals surface area contributed by atoms with Crippen LogP contribution in [-0.4, -0.2) is 44.6 Å². The minimum Gasteiger partial charge on any atom is -0.339 e. The van der Waals surface area contributed by atoms with Gasteiger partial charge in [-0.3, -0.25) is 4.79 Å². The van der Waals surface area contributed by atoms with Crippen LogP contribution in [0.2, 0.25) is 0 Å². The third-order valence-corrected chi connectivity index (χ3v) is 9.70. The zero-order valence-corrected chi connectivity index (χ0v) is 18.9. The van der Waals surface area contributed by atoms with Gasteiger partial charge in [0.15, 0.2) is 0 Å². The molecule has 1 saturated heterocycles. The molecule has 1 heterocycles. The molecule has 4 aliphatic carbocycles. The summed E-state index contributed by atoms with van der Waals surface area (Å²) in [6.07, 6.45) is 7.94. The van der Waals surface area contributed by atoms with E-state index in [0.717, 1.165) is 24.2 Å². The van der Waals surface area contributed by atoms with Gasteiger partial charge in [-0.2, -0.15) is 0 Å². The highest BCUT2D eigenvalue weighted by Gasteiger charge is 2.59. The van der Waals surface area contributed by atoms with Crippen molar-refractivity contribution in [3.05, 3.63) is 35.9 Å². The van der Waals surface area contributed by atoms with E-state index in [9.17, 15) is 13.2 Å². The number of nitrogens with zero attached hydrogens (tertiary/aromatic N) is 1. The molecule has 0 atom stereocenters. The van der Waals surface area contributed by atoms with Crippen molar-refractivity contribution in [1.29, 1.82) is 0 Å². The molecular weight excluding hydrogens is 396 g/mol. The molecule has 6 rings (SSSR count). The van der Waals surface area contributed by atoms with Crippen molar-refractivity contribution in [2.24, 2.45) is 35.0 Å². The second kappa shape index (κ2) is 7.33. The van der Waals surface area contributed by atoms with Gasteiger partial charge in [-0.1, -0.05) is 37.3 Å². The molecule has 1 aromatic carbocycles. The summed E-state index contributed by atoms with van der Waals surface area (Å²) in [5.41, 5.74) is 1.42. The second-order valence-corrected chi connectivity index (χ2v) is 12.5. The minimum atomic E-state index is -3.22. The number of sulfonamides is 1. The summed E-state index contributed by atoms with van der Waals surface area (Å²) < 4.78 is 25.6. The Kier molecular flexibility index (Phi) is 5.01. The molecule has 0 spiro atoms. The van der Waals surface area contributed by atoms with E-state index < -0.39 is 10.0 Å². The molecular formula is C24H34N2O3S. The lowest BCUT2D eigenvalue weighted by atomic mass is 9.41. The number of rotatable bonds is 6. The van der Waals surface area contributed by atoms with Gasteiger partial charge in [0.25, 0.3) is 0 Å². The van der Waals surface area contributed by atoms with E-state index in [4.69, 9.17) is 0 Å². The number of carbonyl (C=O) groups is 1. The van der Waals surface area contributed by atoms with Gasteiger partial charge in [-0.25, -0.2) is 13.1 Å². The fourth-order valence-electron chi connectivity index (χ4n) is 7.43. The summed E-state index contributed by atoms with van der Waals surface area (Å²) in [6, 6.07) is 10.6. The first-order valence-corrected chi connectivity index (χ1v) is 13.4. The first kappa shape index (κ1) is 20.5. The monoisotopic (exact) mass is 430 g/mol. The zero-order valence-electron chi connectivity index (χ0n) is 18.1. The van der Waals surface area contributed by atoms with Gasteiger partial charge < -0.3 is 4.90 Å². The lowest BCUT2D eigenvalue weighted by Crippen LogP contribution is -2.63. The fraction of sp³-hybridized carbons (Fsp3) is 0.708. The first-order chi connectivity index (χ1) is 14.2. The third-order valence-electron chi connectivity index (χ3n) is 8.93. The maximum Gasteiger partial charge on any atom is 0.223 e. The quantitative estimate of drug-likeness (QED) is 0.754. The fourth-order valence-corrected chi connectivity index (χ4v) is 8.19. The van der Waals surface area contributed by atoms with Crippen LogP contribution in [-0.2, 0) is 21.2 Å². The summed E-state index contributed by atoms with van der Waals surface area (Å²) in [5.74, 6) is 4.05. The van der Waals surface area contributed by atoms with Crippen molar-refractivity contribution in [2.45, 2.75) is 51.5 Å². The van der Waals surface area contributed by atoms with Crippen LogP contribution in [0.25, 0.3) is 0 Å². The summed E-state index contributed by atoms with van der Waals surface area (Å²) in [7, 11) is -3.22. The summed E-state index contributed by atoms with van der Waals surface area (Å²) in [4.78, 5) is 15.2. The topological polar surface area (TPSA) is 66.5 Å². The largest absolute Gasteiger partial charge is 0.339 e. The van der Waals surface area contributed by atoms with Gasteiger partial charge in [0.05, 0.1) is 12.3 Å². The average molecular weight is 431 g/mol. The van der Waals surface area contributed by atoms with Gasteiger partial charge in [0, 0.05) is 19.5 Å². The van der Waals surface area contributed by atoms with Crippen LogP contribution in [0.4, 0.5) is 0 Å². The summed E-state index contributed by atoms with van der Waals surface area (Å²) in [6.45, 7) is 3.46. The van der Waals surface area contributed by atoms with E-state index in [1.807, 2.05) is 4.90 Å². The molecule has 5 aliphatic rings. The molecule has 5 nitrogen and oxygen atoms in total. The van der Waals surface area contributed by atoms with Crippen LogP contribution < -0.4 is 4.72 Å². The van der Waals surface area contributed by atoms with Gasteiger partial charge in [0.2, 0.25) is 15.9 Å². The number of benzene rings is 1. The van der Waals surface area contributed by atoms with Crippen molar-refractivity contribution in [2.75, 3.05) is 19.3 Å². The lowest BCUT2D eigenvalue weighted by Gasteiger charge is -2.64. The summed E-state index contributed by atoms with van der Waals surface area (Å²) in [5, 5.41) is 0.